The van der Waals surface area contributed by atoms with E-state index in [1.54, 1.807) is 18.4 Å². The van der Waals surface area contributed by atoms with Gasteiger partial charge in [0.2, 0.25) is 5.82 Å². The van der Waals surface area contributed by atoms with Crippen LogP contribution in [0, 0.1) is 13.8 Å². The lowest BCUT2D eigenvalue weighted by Crippen LogP contribution is -2.46. The largest absolute Gasteiger partial charge is 0.497 e. The number of benzene rings is 2. The Hall–Kier alpha value is -3.49. The third kappa shape index (κ3) is 3.99. The van der Waals surface area contributed by atoms with E-state index in [2.05, 4.69) is 42.5 Å². The fourth-order valence-electron chi connectivity index (χ4n) is 4.10. The van der Waals surface area contributed by atoms with Gasteiger partial charge in [0.15, 0.2) is 5.11 Å². The van der Waals surface area contributed by atoms with E-state index in [0.29, 0.717) is 16.8 Å². The number of nitrogens with one attached hydrogen (secondary N) is 1. The molecule has 0 bridgehead atoms. The molecule has 5 rings (SSSR count). The second kappa shape index (κ2) is 9.04. The number of rotatable bonds is 5. The molecular formula is C26H24N4O2S2. The molecule has 0 spiro atoms. The number of methoxy groups -OCH3 is 1. The molecular weight excluding hydrogens is 464 g/mol. The lowest BCUT2D eigenvalue weighted by molar-refractivity contribution is 0.404. The van der Waals surface area contributed by atoms with Crippen LogP contribution in [0.1, 0.15) is 35.5 Å². The molecule has 1 unspecified atom stereocenters. The van der Waals surface area contributed by atoms with Gasteiger partial charge in [-0.25, -0.2) is 0 Å². The molecule has 172 valence electrons. The number of thiophene rings is 1. The zero-order valence-corrected chi connectivity index (χ0v) is 21.0. The fraction of sp³-hybridized carbons (Fsp3) is 0.192. The van der Waals surface area contributed by atoms with Crippen molar-refractivity contribution in [3.05, 3.63) is 88.3 Å². The predicted octanol–water partition coefficient (Wildman–Crippen LogP) is 6.29. The quantitative estimate of drug-likeness (QED) is 0.331. The van der Waals surface area contributed by atoms with E-state index in [-0.39, 0.29) is 6.04 Å². The van der Waals surface area contributed by atoms with E-state index in [0.717, 1.165) is 33.1 Å². The molecule has 8 heteroatoms. The molecule has 2 aromatic heterocycles. The number of anilines is 1. The Bertz CT molecular complexity index is 1370. The van der Waals surface area contributed by atoms with Crippen molar-refractivity contribution in [3.63, 3.8) is 0 Å². The van der Waals surface area contributed by atoms with Gasteiger partial charge < -0.3 is 14.6 Å². The van der Waals surface area contributed by atoms with Crippen molar-refractivity contribution in [2.45, 2.75) is 26.8 Å². The molecule has 0 saturated carbocycles. The minimum atomic E-state index is -0.224. The van der Waals surface area contributed by atoms with Gasteiger partial charge in [-0.15, -0.1) is 11.3 Å². The molecule has 0 radical (unpaired) electrons. The first-order chi connectivity index (χ1) is 16.5. The number of aromatic nitrogens is 2. The molecule has 1 N–H and O–H groups in total. The van der Waals surface area contributed by atoms with E-state index in [1.807, 2.05) is 53.6 Å². The predicted molar refractivity (Wildman–Crippen MR) is 140 cm³/mol. The Labute approximate surface area is 207 Å². The number of allylic oxidation sites excluding steroid dienone is 1. The van der Waals surface area contributed by atoms with Crippen molar-refractivity contribution >= 4 is 39.9 Å². The highest BCUT2D eigenvalue weighted by molar-refractivity contribution is 7.80. The maximum Gasteiger partial charge on any atom is 0.258 e. The smallest absolute Gasteiger partial charge is 0.258 e. The summed E-state index contributed by atoms with van der Waals surface area (Å²) in [5.41, 5.74) is 6.28. The number of ether oxygens (including phenoxy) is 1. The van der Waals surface area contributed by atoms with E-state index < -0.39 is 0 Å². The van der Waals surface area contributed by atoms with Gasteiger partial charge in [0.25, 0.3) is 5.89 Å². The van der Waals surface area contributed by atoms with Gasteiger partial charge in [-0.2, -0.15) is 4.98 Å². The van der Waals surface area contributed by atoms with E-state index in [4.69, 9.17) is 26.5 Å². The molecule has 1 atom stereocenters. The van der Waals surface area contributed by atoms with Crippen LogP contribution in [-0.4, -0.2) is 22.4 Å². The van der Waals surface area contributed by atoms with Crippen molar-refractivity contribution in [1.29, 1.82) is 0 Å². The third-order valence-electron chi connectivity index (χ3n) is 6.08. The maximum absolute atomic E-state index is 5.84. The highest BCUT2D eigenvalue weighted by atomic mass is 32.1. The van der Waals surface area contributed by atoms with Crippen LogP contribution >= 0.6 is 23.6 Å². The van der Waals surface area contributed by atoms with Crippen LogP contribution in [0.4, 0.5) is 5.69 Å². The monoisotopic (exact) mass is 488 g/mol. The normalized spacial score (nSPS) is 16.1. The minimum Gasteiger partial charge on any atom is -0.497 e. The summed E-state index contributed by atoms with van der Waals surface area (Å²) in [5.74, 6) is 1.83. The molecule has 0 aliphatic carbocycles. The van der Waals surface area contributed by atoms with Gasteiger partial charge in [0, 0.05) is 11.4 Å². The number of thiocarbonyl (C=S) groups is 1. The Balaban J connectivity index is 1.65. The number of hydrogen-bond donors (Lipinski definition) is 1. The summed E-state index contributed by atoms with van der Waals surface area (Å²) in [6.45, 7) is 6.26. The number of aryl methyl sites for hydroxylation is 2. The summed E-state index contributed by atoms with van der Waals surface area (Å²) in [6, 6.07) is 18.0. The molecule has 3 heterocycles. The van der Waals surface area contributed by atoms with Crippen molar-refractivity contribution in [1.82, 2.24) is 15.5 Å². The van der Waals surface area contributed by atoms with Crippen LogP contribution in [0.3, 0.4) is 0 Å². The first-order valence-corrected chi connectivity index (χ1v) is 12.2. The van der Waals surface area contributed by atoms with Crippen LogP contribution < -0.4 is 15.0 Å². The highest BCUT2D eigenvalue weighted by Gasteiger charge is 2.35. The van der Waals surface area contributed by atoms with Crippen molar-refractivity contribution in [2.24, 2.45) is 0 Å². The first-order valence-electron chi connectivity index (χ1n) is 10.9. The molecule has 0 amide bonds. The Kier molecular flexibility index (Phi) is 5.93. The second-order valence-corrected chi connectivity index (χ2v) is 9.49. The van der Waals surface area contributed by atoms with Crippen molar-refractivity contribution in [2.75, 3.05) is 12.0 Å². The van der Waals surface area contributed by atoms with E-state index in [9.17, 15) is 0 Å². The van der Waals surface area contributed by atoms with Gasteiger partial charge in [0.05, 0.1) is 23.6 Å². The van der Waals surface area contributed by atoms with Crippen LogP contribution in [0.15, 0.2) is 70.2 Å². The standard InChI is InChI=1S/C26H24N4O2S2/c1-15-7-8-18(14-16(15)2)23-22(25-28-24(29-32-25)21-6-5-13-34-21)17(3)30(26(33)27-23)19-9-11-20(31-4)12-10-19/h5-14,23H,1-4H3,(H,27,33). The average Bonchev–Trinajstić information content (AvgIpc) is 3.53. The van der Waals surface area contributed by atoms with Gasteiger partial charge in [0.1, 0.15) is 5.75 Å². The van der Waals surface area contributed by atoms with Crippen LogP contribution in [0.5, 0.6) is 5.75 Å². The summed E-state index contributed by atoms with van der Waals surface area (Å²) in [4.78, 5) is 7.73. The average molecular weight is 489 g/mol. The third-order valence-corrected chi connectivity index (χ3v) is 7.24. The van der Waals surface area contributed by atoms with Crippen LogP contribution in [0.25, 0.3) is 16.3 Å². The zero-order valence-electron chi connectivity index (χ0n) is 19.3. The highest BCUT2D eigenvalue weighted by Crippen LogP contribution is 2.40. The lowest BCUT2D eigenvalue weighted by Gasteiger charge is -2.37. The summed E-state index contributed by atoms with van der Waals surface area (Å²) in [7, 11) is 1.65. The molecule has 4 aromatic rings. The molecule has 0 saturated heterocycles. The Morgan fingerprint density at radius 1 is 1.06 bits per heavy atom. The Morgan fingerprint density at radius 3 is 2.53 bits per heavy atom. The molecule has 1 aliphatic heterocycles. The van der Waals surface area contributed by atoms with Gasteiger partial charge in [-0.1, -0.05) is 29.4 Å². The minimum absolute atomic E-state index is 0.224. The molecule has 0 fully saturated rings. The summed E-state index contributed by atoms with van der Waals surface area (Å²) >= 11 is 7.42. The zero-order chi connectivity index (χ0) is 23.8. The van der Waals surface area contributed by atoms with Crippen LogP contribution in [-0.2, 0) is 0 Å². The van der Waals surface area contributed by atoms with Gasteiger partial charge >= 0.3 is 0 Å². The summed E-state index contributed by atoms with van der Waals surface area (Å²) < 4.78 is 11.1. The van der Waals surface area contributed by atoms with Crippen molar-refractivity contribution in [3.8, 4) is 16.5 Å². The topological polar surface area (TPSA) is 63.4 Å². The molecule has 1 aliphatic rings. The maximum atomic E-state index is 5.84. The van der Waals surface area contributed by atoms with Crippen LogP contribution in [0.2, 0.25) is 0 Å². The molecule has 34 heavy (non-hydrogen) atoms. The SMILES string of the molecule is COc1ccc(N2C(=S)NC(c3ccc(C)c(C)c3)C(c3nc(-c4cccs4)no3)=C2C)cc1. The fourth-order valence-corrected chi connectivity index (χ4v) is 5.10. The first kappa shape index (κ1) is 22.3. The Morgan fingerprint density at radius 2 is 1.85 bits per heavy atom. The summed E-state index contributed by atoms with van der Waals surface area (Å²) in [5, 5.41) is 10.4. The van der Waals surface area contributed by atoms with E-state index in [1.165, 1.54) is 11.1 Å². The molecule has 2 aromatic carbocycles. The lowest BCUT2D eigenvalue weighted by atomic mass is 9.92. The summed E-state index contributed by atoms with van der Waals surface area (Å²) in [6.07, 6.45) is 0. The van der Waals surface area contributed by atoms with E-state index >= 15 is 0 Å². The van der Waals surface area contributed by atoms with Gasteiger partial charge in [-0.3, -0.25) is 4.90 Å². The van der Waals surface area contributed by atoms with Gasteiger partial charge in [-0.05, 0) is 85.4 Å². The number of hydrogen-bond acceptors (Lipinski definition) is 6. The molecule has 6 nitrogen and oxygen atoms in total. The number of nitrogens with zero attached hydrogens (tertiary/aromatic N) is 3. The second-order valence-electron chi connectivity index (χ2n) is 8.16. The van der Waals surface area contributed by atoms with Crippen molar-refractivity contribution < 1.29 is 9.26 Å².